The fraction of sp³-hybridized carbons (Fsp3) is 0.286. The molecular formula is C21H18F3N3O4. The van der Waals surface area contributed by atoms with Crippen molar-refractivity contribution in [1.29, 1.82) is 0 Å². The second kappa shape index (κ2) is 7.60. The summed E-state index contributed by atoms with van der Waals surface area (Å²) >= 11 is 0. The van der Waals surface area contributed by atoms with Gasteiger partial charge in [0, 0.05) is 43.2 Å². The molecule has 10 heteroatoms. The number of anilines is 1. The van der Waals surface area contributed by atoms with Crippen LogP contribution in [0.2, 0.25) is 0 Å². The van der Waals surface area contributed by atoms with E-state index in [4.69, 9.17) is 4.42 Å². The molecule has 2 aromatic carbocycles. The molecule has 0 aliphatic carbocycles. The van der Waals surface area contributed by atoms with Gasteiger partial charge in [-0.25, -0.2) is 0 Å². The summed E-state index contributed by atoms with van der Waals surface area (Å²) in [6.45, 7) is 2.82. The lowest BCUT2D eigenvalue weighted by molar-refractivity contribution is -0.384. The maximum atomic E-state index is 12.9. The van der Waals surface area contributed by atoms with Gasteiger partial charge in [-0.2, -0.15) is 13.2 Å². The van der Waals surface area contributed by atoms with E-state index in [-0.39, 0.29) is 43.5 Å². The number of piperazine rings is 1. The molecule has 0 unspecified atom stereocenters. The number of hydrogen-bond donors (Lipinski definition) is 0. The van der Waals surface area contributed by atoms with Crippen LogP contribution in [-0.4, -0.2) is 41.9 Å². The van der Waals surface area contributed by atoms with E-state index in [9.17, 15) is 28.1 Å². The molecule has 7 nitrogen and oxygen atoms in total. The first-order valence-electron chi connectivity index (χ1n) is 9.55. The minimum atomic E-state index is -4.67. The minimum absolute atomic E-state index is 0.102. The summed E-state index contributed by atoms with van der Waals surface area (Å²) < 4.78 is 44.5. The van der Waals surface area contributed by atoms with Gasteiger partial charge in [0.15, 0.2) is 5.76 Å². The van der Waals surface area contributed by atoms with Crippen molar-refractivity contribution in [1.82, 2.24) is 4.90 Å². The molecule has 0 bridgehead atoms. The van der Waals surface area contributed by atoms with Crippen LogP contribution < -0.4 is 4.90 Å². The maximum absolute atomic E-state index is 12.9. The topological polar surface area (TPSA) is 79.8 Å². The molecule has 4 rings (SSSR count). The van der Waals surface area contributed by atoms with Gasteiger partial charge in [-0.15, -0.1) is 0 Å². The fourth-order valence-electron chi connectivity index (χ4n) is 3.79. The molecule has 162 valence electrons. The highest BCUT2D eigenvalue weighted by Crippen LogP contribution is 2.37. The van der Waals surface area contributed by atoms with Crippen LogP contribution in [0.4, 0.5) is 24.5 Å². The van der Waals surface area contributed by atoms with Crippen LogP contribution >= 0.6 is 0 Å². The molecule has 0 spiro atoms. The van der Waals surface area contributed by atoms with Crippen molar-refractivity contribution >= 4 is 28.3 Å². The van der Waals surface area contributed by atoms with Crippen molar-refractivity contribution in [2.45, 2.75) is 13.1 Å². The zero-order valence-corrected chi connectivity index (χ0v) is 16.5. The number of nitro groups is 1. The van der Waals surface area contributed by atoms with Crippen LogP contribution in [0, 0.1) is 17.0 Å². The smallest absolute Gasteiger partial charge is 0.416 e. The van der Waals surface area contributed by atoms with E-state index in [1.165, 1.54) is 0 Å². The lowest BCUT2D eigenvalue weighted by Gasteiger charge is -2.35. The summed E-state index contributed by atoms with van der Waals surface area (Å²) in [5, 5.41) is 12.2. The first-order valence-corrected chi connectivity index (χ1v) is 9.55. The molecular weight excluding hydrogens is 415 g/mol. The van der Waals surface area contributed by atoms with Crippen molar-refractivity contribution in [3.8, 4) is 0 Å². The Bertz CT molecular complexity index is 1160. The minimum Gasteiger partial charge on any atom is -0.451 e. The molecule has 1 saturated heterocycles. The van der Waals surface area contributed by atoms with E-state index in [1.54, 1.807) is 22.8 Å². The first kappa shape index (κ1) is 20.7. The number of carbonyl (C=O) groups is 1. The number of nitrogens with zero attached hydrogens (tertiary/aromatic N) is 3. The molecule has 1 aliphatic heterocycles. The standard InChI is InChI=1S/C21H18F3N3O4/c1-13-15-4-2-3-5-18(15)31-19(13)20(28)26-10-8-25(9-11-26)16-7-6-14(21(22,23)24)12-17(16)27(29)30/h2-7,12H,8-11H2,1H3. The van der Waals surface area contributed by atoms with Crippen LogP contribution in [0.1, 0.15) is 21.7 Å². The van der Waals surface area contributed by atoms with Crippen LogP contribution in [0.5, 0.6) is 0 Å². The van der Waals surface area contributed by atoms with E-state index in [1.807, 2.05) is 18.2 Å². The van der Waals surface area contributed by atoms with Crippen LogP contribution in [0.15, 0.2) is 46.9 Å². The summed E-state index contributed by atoms with van der Waals surface area (Å²) in [7, 11) is 0. The molecule has 1 fully saturated rings. The number of halogens is 3. The highest BCUT2D eigenvalue weighted by Gasteiger charge is 2.35. The quantitative estimate of drug-likeness (QED) is 0.445. The molecule has 1 aliphatic rings. The number of benzene rings is 2. The predicted molar refractivity (Wildman–Crippen MR) is 107 cm³/mol. The van der Waals surface area contributed by atoms with Gasteiger partial charge in [0.05, 0.1) is 10.5 Å². The highest BCUT2D eigenvalue weighted by atomic mass is 19.4. The average Bonchev–Trinajstić information content (AvgIpc) is 3.09. The van der Waals surface area contributed by atoms with Crippen molar-refractivity contribution in [2.75, 3.05) is 31.1 Å². The summed E-state index contributed by atoms with van der Waals surface area (Å²) in [4.78, 5) is 26.7. The van der Waals surface area contributed by atoms with Crippen LogP contribution in [0.3, 0.4) is 0 Å². The Labute approximate surface area is 174 Å². The van der Waals surface area contributed by atoms with Crippen molar-refractivity contribution in [3.63, 3.8) is 0 Å². The van der Waals surface area contributed by atoms with Gasteiger partial charge in [0.1, 0.15) is 11.3 Å². The van der Waals surface area contributed by atoms with E-state index in [2.05, 4.69) is 0 Å². The van der Waals surface area contributed by atoms with Gasteiger partial charge in [-0.05, 0) is 25.1 Å². The first-order chi connectivity index (χ1) is 14.7. The van der Waals surface area contributed by atoms with E-state index in [0.717, 1.165) is 23.1 Å². The third-order valence-corrected chi connectivity index (χ3v) is 5.44. The van der Waals surface area contributed by atoms with E-state index >= 15 is 0 Å². The molecule has 0 saturated carbocycles. The third-order valence-electron chi connectivity index (χ3n) is 5.44. The second-order valence-corrected chi connectivity index (χ2v) is 7.29. The Morgan fingerprint density at radius 1 is 1.10 bits per heavy atom. The Hall–Kier alpha value is -3.56. The summed E-state index contributed by atoms with van der Waals surface area (Å²) in [6.07, 6.45) is -4.67. The largest absolute Gasteiger partial charge is 0.451 e. The molecule has 1 amide bonds. The highest BCUT2D eigenvalue weighted by molar-refractivity contribution is 5.99. The third kappa shape index (κ3) is 3.80. The normalized spacial score (nSPS) is 14.8. The number of aryl methyl sites for hydroxylation is 1. The molecule has 0 N–H and O–H groups in total. The van der Waals surface area contributed by atoms with Gasteiger partial charge in [0.2, 0.25) is 0 Å². The lowest BCUT2D eigenvalue weighted by atomic mass is 10.1. The fourth-order valence-corrected chi connectivity index (χ4v) is 3.79. The number of hydrogen-bond acceptors (Lipinski definition) is 5. The molecule has 0 atom stereocenters. The maximum Gasteiger partial charge on any atom is 0.416 e. The number of furan rings is 1. The van der Waals surface area contributed by atoms with Gasteiger partial charge >= 0.3 is 6.18 Å². The average molecular weight is 433 g/mol. The number of para-hydroxylation sites is 1. The number of nitro benzene ring substituents is 1. The van der Waals surface area contributed by atoms with Crippen LogP contribution in [0.25, 0.3) is 11.0 Å². The van der Waals surface area contributed by atoms with Gasteiger partial charge in [0.25, 0.3) is 11.6 Å². The van der Waals surface area contributed by atoms with Gasteiger partial charge < -0.3 is 14.2 Å². The van der Waals surface area contributed by atoms with Crippen LogP contribution in [-0.2, 0) is 6.18 Å². The Morgan fingerprint density at radius 3 is 2.39 bits per heavy atom. The monoisotopic (exact) mass is 433 g/mol. The predicted octanol–water partition coefficient (Wildman–Crippen LogP) is 4.63. The van der Waals surface area contributed by atoms with Gasteiger partial charge in [-0.3, -0.25) is 14.9 Å². The second-order valence-electron chi connectivity index (χ2n) is 7.29. The number of fused-ring (bicyclic) bond motifs is 1. The summed E-state index contributed by atoms with van der Waals surface area (Å²) in [5.41, 5.74) is -0.228. The van der Waals surface area contributed by atoms with Crippen molar-refractivity contribution in [2.24, 2.45) is 0 Å². The molecule has 31 heavy (non-hydrogen) atoms. The molecule has 2 heterocycles. The molecule has 1 aromatic heterocycles. The summed E-state index contributed by atoms with van der Waals surface area (Å²) in [6, 6.07) is 9.81. The van der Waals surface area contributed by atoms with E-state index in [0.29, 0.717) is 11.6 Å². The van der Waals surface area contributed by atoms with Crippen molar-refractivity contribution in [3.05, 3.63) is 69.5 Å². The Morgan fingerprint density at radius 2 is 1.77 bits per heavy atom. The van der Waals surface area contributed by atoms with E-state index < -0.39 is 22.4 Å². The zero-order chi connectivity index (χ0) is 22.3. The number of carbonyl (C=O) groups excluding carboxylic acids is 1. The zero-order valence-electron chi connectivity index (χ0n) is 16.5. The van der Waals surface area contributed by atoms with Crippen molar-refractivity contribution < 1.29 is 27.3 Å². The number of rotatable bonds is 3. The molecule has 0 radical (unpaired) electrons. The molecule has 3 aromatic rings. The Balaban J connectivity index is 1.53. The number of alkyl halides is 3. The summed E-state index contributed by atoms with van der Waals surface area (Å²) in [5.74, 6) is -0.0366. The Kier molecular flexibility index (Phi) is 5.08. The van der Waals surface area contributed by atoms with Gasteiger partial charge in [-0.1, -0.05) is 18.2 Å². The SMILES string of the molecule is Cc1c(C(=O)N2CCN(c3ccc(C(F)(F)F)cc3[N+](=O)[O-])CC2)oc2ccccc12. The number of amides is 1. The lowest BCUT2D eigenvalue weighted by Crippen LogP contribution is -2.49.